The summed E-state index contributed by atoms with van der Waals surface area (Å²) in [4.78, 5) is 6.94. The van der Waals surface area contributed by atoms with Gasteiger partial charge in [-0.05, 0) is 41.8 Å². The van der Waals surface area contributed by atoms with Crippen LogP contribution in [0, 0.1) is 5.92 Å². The summed E-state index contributed by atoms with van der Waals surface area (Å²) in [6.07, 6.45) is 1.85. The first-order valence-electron chi connectivity index (χ1n) is 8.64. The molecule has 0 bridgehead atoms. The van der Waals surface area contributed by atoms with Gasteiger partial charge in [-0.25, -0.2) is 0 Å². The lowest BCUT2D eigenvalue weighted by atomic mass is 9.89. The third-order valence-corrected chi connectivity index (χ3v) is 5.12. The summed E-state index contributed by atoms with van der Waals surface area (Å²) in [6.45, 7) is 3.88. The van der Waals surface area contributed by atoms with Crippen molar-refractivity contribution in [1.29, 1.82) is 0 Å². The number of nitrogens with zero attached hydrogens (tertiary/aromatic N) is 2. The molecule has 0 saturated carbocycles. The van der Waals surface area contributed by atoms with Crippen LogP contribution in [0.4, 0.5) is 0 Å². The fourth-order valence-electron chi connectivity index (χ4n) is 3.89. The molecule has 2 aromatic carbocycles. The number of hydrogen-bond acceptors (Lipinski definition) is 3. The first-order valence-corrected chi connectivity index (χ1v) is 8.64. The monoisotopic (exact) mass is 353 g/mol. The van der Waals surface area contributed by atoms with Crippen molar-refractivity contribution >= 4 is 23.3 Å². The smallest absolute Gasteiger partial charge is 0.0702 e. The molecule has 1 aromatic heterocycles. The molecule has 1 saturated heterocycles. The molecule has 3 aromatic rings. The van der Waals surface area contributed by atoms with Gasteiger partial charge in [0.1, 0.15) is 0 Å². The van der Waals surface area contributed by atoms with Crippen LogP contribution in [0.2, 0.25) is 0 Å². The van der Waals surface area contributed by atoms with Crippen molar-refractivity contribution in [2.45, 2.75) is 12.5 Å². The number of aromatic nitrogens is 1. The highest BCUT2D eigenvalue weighted by molar-refractivity contribution is 5.85. The summed E-state index contributed by atoms with van der Waals surface area (Å²) >= 11 is 0. The van der Waals surface area contributed by atoms with E-state index in [-0.39, 0.29) is 12.4 Å². The molecule has 3 nitrogen and oxygen atoms in total. The van der Waals surface area contributed by atoms with E-state index in [0.29, 0.717) is 11.8 Å². The SMILES string of the molecule is Cl.NC[C@@H]1CN(Cc2ccc3ncccc3c2)C[C@H]1c1ccccc1. The van der Waals surface area contributed by atoms with Crippen molar-refractivity contribution in [2.75, 3.05) is 19.6 Å². The number of fused-ring (bicyclic) bond motifs is 1. The molecule has 0 amide bonds. The summed E-state index contributed by atoms with van der Waals surface area (Å²) < 4.78 is 0. The minimum absolute atomic E-state index is 0. The molecule has 0 radical (unpaired) electrons. The first kappa shape index (κ1) is 17.9. The van der Waals surface area contributed by atoms with Crippen LogP contribution in [-0.2, 0) is 6.54 Å². The van der Waals surface area contributed by atoms with Crippen molar-refractivity contribution in [3.63, 3.8) is 0 Å². The Morgan fingerprint density at radius 2 is 1.84 bits per heavy atom. The van der Waals surface area contributed by atoms with E-state index in [4.69, 9.17) is 5.73 Å². The van der Waals surface area contributed by atoms with Gasteiger partial charge in [-0.3, -0.25) is 9.88 Å². The normalized spacial score (nSPS) is 20.5. The standard InChI is InChI=1S/C21H23N3.ClH/c22-12-19-14-24(15-20(19)17-5-2-1-3-6-17)13-16-8-9-21-18(11-16)7-4-10-23-21;/h1-11,19-20H,12-15,22H2;1H/t19-,20+;/m1./s1. The molecule has 130 valence electrons. The van der Waals surface area contributed by atoms with Gasteiger partial charge in [0.05, 0.1) is 5.52 Å². The van der Waals surface area contributed by atoms with Crippen molar-refractivity contribution in [2.24, 2.45) is 11.7 Å². The topological polar surface area (TPSA) is 42.1 Å². The van der Waals surface area contributed by atoms with E-state index in [1.165, 1.54) is 16.5 Å². The van der Waals surface area contributed by atoms with Crippen LogP contribution in [0.5, 0.6) is 0 Å². The van der Waals surface area contributed by atoms with E-state index in [1.807, 2.05) is 12.3 Å². The van der Waals surface area contributed by atoms with E-state index < -0.39 is 0 Å². The Kier molecular flexibility index (Phi) is 5.69. The molecule has 2 atom stereocenters. The fraction of sp³-hybridized carbons (Fsp3) is 0.286. The number of rotatable bonds is 4. The number of pyridine rings is 1. The first-order chi connectivity index (χ1) is 11.8. The Morgan fingerprint density at radius 3 is 2.64 bits per heavy atom. The summed E-state index contributed by atoms with van der Waals surface area (Å²) in [6, 6.07) is 21.5. The lowest BCUT2D eigenvalue weighted by Crippen LogP contribution is -2.23. The van der Waals surface area contributed by atoms with Crippen LogP contribution in [-0.4, -0.2) is 29.5 Å². The average molecular weight is 354 g/mol. The van der Waals surface area contributed by atoms with Crippen LogP contribution < -0.4 is 5.73 Å². The Morgan fingerprint density at radius 1 is 1.00 bits per heavy atom. The fourth-order valence-corrected chi connectivity index (χ4v) is 3.89. The largest absolute Gasteiger partial charge is 0.330 e. The minimum atomic E-state index is 0. The second-order valence-electron chi connectivity index (χ2n) is 6.74. The third kappa shape index (κ3) is 3.84. The predicted octanol–water partition coefficient (Wildman–Crippen LogP) is 3.83. The second-order valence-corrected chi connectivity index (χ2v) is 6.74. The quantitative estimate of drug-likeness (QED) is 0.775. The van der Waals surface area contributed by atoms with E-state index in [2.05, 4.69) is 64.5 Å². The molecule has 1 aliphatic rings. The highest BCUT2D eigenvalue weighted by atomic mass is 35.5. The number of nitrogens with two attached hydrogens (primary N) is 1. The van der Waals surface area contributed by atoms with Gasteiger partial charge in [0.2, 0.25) is 0 Å². The van der Waals surface area contributed by atoms with Gasteiger partial charge in [-0.15, -0.1) is 12.4 Å². The van der Waals surface area contributed by atoms with Crippen molar-refractivity contribution < 1.29 is 0 Å². The van der Waals surface area contributed by atoms with E-state index in [0.717, 1.165) is 31.7 Å². The Hall–Kier alpha value is -1.94. The predicted molar refractivity (Wildman–Crippen MR) is 106 cm³/mol. The minimum Gasteiger partial charge on any atom is -0.330 e. The summed E-state index contributed by atoms with van der Waals surface area (Å²) in [5.41, 5.74) is 9.88. The van der Waals surface area contributed by atoms with Crippen molar-refractivity contribution in [3.8, 4) is 0 Å². The van der Waals surface area contributed by atoms with Gasteiger partial charge in [-0.1, -0.05) is 42.5 Å². The number of hydrogen-bond donors (Lipinski definition) is 1. The zero-order valence-electron chi connectivity index (χ0n) is 14.2. The van der Waals surface area contributed by atoms with Gasteiger partial charge in [0.15, 0.2) is 0 Å². The van der Waals surface area contributed by atoms with Gasteiger partial charge >= 0.3 is 0 Å². The van der Waals surface area contributed by atoms with Gasteiger partial charge < -0.3 is 5.73 Å². The Bertz CT molecular complexity index is 821. The highest BCUT2D eigenvalue weighted by Crippen LogP contribution is 2.33. The van der Waals surface area contributed by atoms with Crippen molar-refractivity contribution in [3.05, 3.63) is 78.0 Å². The van der Waals surface area contributed by atoms with Gasteiger partial charge in [0.25, 0.3) is 0 Å². The molecule has 2 heterocycles. The molecular formula is C21H24ClN3. The van der Waals surface area contributed by atoms with Crippen LogP contribution in [0.25, 0.3) is 10.9 Å². The molecular weight excluding hydrogens is 330 g/mol. The van der Waals surface area contributed by atoms with Crippen LogP contribution >= 0.6 is 12.4 Å². The zero-order chi connectivity index (χ0) is 16.4. The summed E-state index contributed by atoms with van der Waals surface area (Å²) in [5, 5.41) is 1.21. The van der Waals surface area contributed by atoms with Crippen molar-refractivity contribution in [1.82, 2.24) is 9.88 Å². The molecule has 0 unspecified atom stereocenters. The highest BCUT2D eigenvalue weighted by Gasteiger charge is 2.32. The second kappa shape index (κ2) is 7.96. The molecule has 1 aliphatic heterocycles. The Balaban J connectivity index is 0.00000182. The van der Waals surface area contributed by atoms with Gasteiger partial charge in [0, 0.05) is 37.1 Å². The van der Waals surface area contributed by atoms with E-state index >= 15 is 0 Å². The number of benzene rings is 2. The van der Waals surface area contributed by atoms with Crippen LogP contribution in [0.3, 0.4) is 0 Å². The third-order valence-electron chi connectivity index (χ3n) is 5.12. The lowest BCUT2D eigenvalue weighted by Gasteiger charge is -2.17. The van der Waals surface area contributed by atoms with E-state index in [1.54, 1.807) is 0 Å². The number of halogens is 1. The molecule has 1 fully saturated rings. The molecule has 0 spiro atoms. The lowest BCUT2D eigenvalue weighted by molar-refractivity contribution is 0.317. The molecule has 0 aliphatic carbocycles. The summed E-state index contributed by atoms with van der Waals surface area (Å²) in [7, 11) is 0. The number of likely N-dealkylation sites (tertiary alicyclic amines) is 1. The average Bonchev–Trinajstić information content (AvgIpc) is 3.05. The van der Waals surface area contributed by atoms with Gasteiger partial charge in [-0.2, -0.15) is 0 Å². The maximum atomic E-state index is 6.06. The molecule has 25 heavy (non-hydrogen) atoms. The van der Waals surface area contributed by atoms with Crippen LogP contribution in [0.15, 0.2) is 66.9 Å². The Labute approximate surface area is 155 Å². The molecule has 4 heteroatoms. The summed E-state index contributed by atoms with van der Waals surface area (Å²) in [5.74, 6) is 1.08. The molecule has 4 rings (SSSR count). The molecule has 2 N–H and O–H groups in total. The maximum Gasteiger partial charge on any atom is 0.0702 e. The maximum absolute atomic E-state index is 6.06. The van der Waals surface area contributed by atoms with E-state index in [9.17, 15) is 0 Å². The zero-order valence-corrected chi connectivity index (χ0v) is 15.0. The van der Waals surface area contributed by atoms with Crippen LogP contribution in [0.1, 0.15) is 17.0 Å².